The SMILES string of the molecule is CC1(C)OB(c2ccc(-c3c(CCO)cccc3C(F)(F)F)cc2)OC1(C)C. The minimum Gasteiger partial charge on any atom is -0.399 e. The van der Waals surface area contributed by atoms with Crippen LogP contribution in [-0.2, 0) is 21.9 Å². The number of hydrogen-bond donors (Lipinski definition) is 1. The van der Waals surface area contributed by atoms with Gasteiger partial charge in [0.25, 0.3) is 0 Å². The third-order valence-electron chi connectivity index (χ3n) is 5.56. The lowest BCUT2D eigenvalue weighted by atomic mass is 9.78. The Hall–Kier alpha value is -1.83. The average Bonchev–Trinajstić information content (AvgIpc) is 2.82. The molecule has 150 valence electrons. The van der Waals surface area contributed by atoms with Gasteiger partial charge in [-0.3, -0.25) is 0 Å². The Bertz CT molecular complexity index is 829. The van der Waals surface area contributed by atoms with E-state index in [2.05, 4.69) is 0 Å². The molecular weight excluding hydrogens is 368 g/mol. The Morgan fingerprint density at radius 1 is 0.929 bits per heavy atom. The summed E-state index contributed by atoms with van der Waals surface area (Å²) in [5.41, 5.74) is 0.0559. The van der Waals surface area contributed by atoms with Gasteiger partial charge in [0.1, 0.15) is 0 Å². The second-order valence-corrected chi connectivity index (χ2v) is 8.02. The summed E-state index contributed by atoms with van der Waals surface area (Å²) < 4.78 is 52.6. The van der Waals surface area contributed by atoms with Crippen molar-refractivity contribution in [3.05, 3.63) is 53.6 Å². The van der Waals surface area contributed by atoms with Crippen LogP contribution in [0.1, 0.15) is 38.8 Å². The van der Waals surface area contributed by atoms with Gasteiger partial charge in [0, 0.05) is 6.61 Å². The summed E-state index contributed by atoms with van der Waals surface area (Å²) in [6.45, 7) is 7.56. The van der Waals surface area contributed by atoms with Crippen LogP contribution in [0.25, 0.3) is 11.1 Å². The number of aliphatic hydroxyl groups excluding tert-OH is 1. The predicted octanol–water partition coefficient (Wildman–Crippen LogP) is 4.21. The van der Waals surface area contributed by atoms with Crippen molar-refractivity contribution in [3.63, 3.8) is 0 Å². The maximum atomic E-state index is 13.5. The van der Waals surface area contributed by atoms with Crippen molar-refractivity contribution >= 4 is 12.6 Å². The molecule has 1 heterocycles. The van der Waals surface area contributed by atoms with E-state index < -0.39 is 30.1 Å². The molecule has 1 aliphatic rings. The van der Waals surface area contributed by atoms with E-state index in [1.165, 1.54) is 6.07 Å². The molecule has 0 unspecified atom stereocenters. The number of hydrogen-bond acceptors (Lipinski definition) is 3. The van der Waals surface area contributed by atoms with Gasteiger partial charge in [0.2, 0.25) is 0 Å². The van der Waals surface area contributed by atoms with Gasteiger partial charge in [-0.2, -0.15) is 13.2 Å². The fourth-order valence-electron chi connectivity index (χ4n) is 3.29. The molecule has 3 rings (SSSR count). The van der Waals surface area contributed by atoms with Crippen LogP contribution in [-0.4, -0.2) is 30.0 Å². The van der Waals surface area contributed by atoms with Gasteiger partial charge >= 0.3 is 13.3 Å². The molecular formula is C21H24BF3O3. The minimum atomic E-state index is -4.48. The highest BCUT2D eigenvalue weighted by molar-refractivity contribution is 6.62. The fourth-order valence-corrected chi connectivity index (χ4v) is 3.29. The van der Waals surface area contributed by atoms with Crippen molar-refractivity contribution in [2.45, 2.75) is 51.5 Å². The largest absolute Gasteiger partial charge is 0.494 e. The van der Waals surface area contributed by atoms with Crippen molar-refractivity contribution in [1.29, 1.82) is 0 Å². The van der Waals surface area contributed by atoms with Crippen LogP contribution in [0.15, 0.2) is 42.5 Å². The van der Waals surface area contributed by atoms with Crippen LogP contribution in [0.3, 0.4) is 0 Å². The third kappa shape index (κ3) is 3.84. The number of rotatable bonds is 4. The van der Waals surface area contributed by atoms with E-state index in [1.54, 1.807) is 30.3 Å². The zero-order valence-electron chi connectivity index (χ0n) is 16.4. The highest BCUT2D eigenvalue weighted by Gasteiger charge is 2.51. The Morgan fingerprint density at radius 2 is 1.50 bits per heavy atom. The Kier molecular flexibility index (Phi) is 5.38. The van der Waals surface area contributed by atoms with E-state index in [-0.39, 0.29) is 18.6 Å². The van der Waals surface area contributed by atoms with Crippen molar-refractivity contribution in [2.75, 3.05) is 6.61 Å². The molecule has 1 saturated heterocycles. The normalized spacial score (nSPS) is 18.5. The quantitative estimate of drug-likeness (QED) is 0.793. The van der Waals surface area contributed by atoms with Crippen LogP contribution in [0, 0.1) is 0 Å². The first kappa shape index (κ1) is 20.9. The van der Waals surface area contributed by atoms with E-state index in [1.807, 2.05) is 27.7 Å². The first-order chi connectivity index (χ1) is 13.0. The minimum absolute atomic E-state index is 0.101. The Balaban J connectivity index is 1.99. The summed E-state index contributed by atoms with van der Waals surface area (Å²) in [5, 5.41) is 9.26. The van der Waals surface area contributed by atoms with Gasteiger partial charge in [-0.05, 0) is 62.3 Å². The van der Waals surface area contributed by atoms with E-state index in [0.29, 0.717) is 11.1 Å². The summed E-state index contributed by atoms with van der Waals surface area (Å²) >= 11 is 0. The first-order valence-corrected chi connectivity index (χ1v) is 9.22. The fraction of sp³-hybridized carbons (Fsp3) is 0.429. The molecule has 7 heteroatoms. The highest BCUT2D eigenvalue weighted by Crippen LogP contribution is 2.40. The molecule has 0 bridgehead atoms. The van der Waals surface area contributed by atoms with Crippen molar-refractivity contribution in [3.8, 4) is 11.1 Å². The topological polar surface area (TPSA) is 38.7 Å². The van der Waals surface area contributed by atoms with Crippen LogP contribution >= 0.6 is 0 Å². The molecule has 0 aromatic heterocycles. The van der Waals surface area contributed by atoms with Crippen molar-refractivity contribution in [1.82, 2.24) is 0 Å². The zero-order valence-corrected chi connectivity index (χ0v) is 16.4. The smallest absolute Gasteiger partial charge is 0.399 e. The predicted molar refractivity (Wildman–Crippen MR) is 103 cm³/mol. The van der Waals surface area contributed by atoms with Crippen LogP contribution in [0.2, 0.25) is 0 Å². The number of alkyl halides is 3. The van der Waals surface area contributed by atoms with Gasteiger partial charge in [-0.1, -0.05) is 36.4 Å². The molecule has 1 aliphatic heterocycles. The second kappa shape index (κ2) is 7.21. The second-order valence-electron chi connectivity index (χ2n) is 8.02. The molecule has 2 aromatic rings. The summed E-state index contributed by atoms with van der Waals surface area (Å²) in [4.78, 5) is 0. The van der Waals surface area contributed by atoms with Gasteiger partial charge in [-0.25, -0.2) is 0 Å². The van der Waals surface area contributed by atoms with E-state index in [4.69, 9.17) is 9.31 Å². The van der Waals surface area contributed by atoms with E-state index in [9.17, 15) is 18.3 Å². The number of halogens is 3. The van der Waals surface area contributed by atoms with Gasteiger partial charge in [0.05, 0.1) is 16.8 Å². The van der Waals surface area contributed by atoms with E-state index in [0.717, 1.165) is 11.5 Å². The van der Waals surface area contributed by atoms with Crippen molar-refractivity contribution < 1.29 is 27.6 Å². The van der Waals surface area contributed by atoms with Gasteiger partial charge in [0.15, 0.2) is 0 Å². The summed E-state index contributed by atoms with van der Waals surface area (Å²) in [5.74, 6) is 0. The van der Waals surface area contributed by atoms with Crippen LogP contribution < -0.4 is 5.46 Å². The monoisotopic (exact) mass is 392 g/mol. The molecule has 28 heavy (non-hydrogen) atoms. The lowest BCUT2D eigenvalue weighted by Crippen LogP contribution is -2.41. The first-order valence-electron chi connectivity index (χ1n) is 9.22. The summed E-state index contributed by atoms with van der Waals surface area (Å²) in [6.07, 6.45) is -4.33. The van der Waals surface area contributed by atoms with Crippen LogP contribution in [0.5, 0.6) is 0 Å². The molecule has 1 N–H and O–H groups in total. The molecule has 0 amide bonds. The molecule has 2 aromatic carbocycles. The summed E-state index contributed by atoms with van der Waals surface area (Å²) in [6, 6.07) is 10.8. The van der Waals surface area contributed by atoms with Crippen LogP contribution in [0.4, 0.5) is 13.2 Å². The van der Waals surface area contributed by atoms with Gasteiger partial charge < -0.3 is 14.4 Å². The average molecular weight is 392 g/mol. The molecule has 0 atom stereocenters. The molecule has 0 spiro atoms. The molecule has 3 nitrogen and oxygen atoms in total. The third-order valence-corrected chi connectivity index (χ3v) is 5.56. The number of benzene rings is 2. The standard InChI is InChI=1S/C21H24BF3O3/c1-19(2)20(3,4)28-22(27-19)16-10-8-15(9-11-16)18-14(12-13-26)6-5-7-17(18)21(23,24)25/h5-11,26H,12-13H2,1-4H3. The molecule has 0 saturated carbocycles. The van der Waals surface area contributed by atoms with E-state index >= 15 is 0 Å². The zero-order chi connectivity index (χ0) is 20.7. The Labute approximate surface area is 163 Å². The van der Waals surface area contributed by atoms with Crippen molar-refractivity contribution in [2.24, 2.45) is 0 Å². The highest BCUT2D eigenvalue weighted by atomic mass is 19.4. The maximum Gasteiger partial charge on any atom is 0.494 e. The molecule has 1 fully saturated rings. The molecule has 0 radical (unpaired) electrons. The maximum absolute atomic E-state index is 13.5. The lowest BCUT2D eigenvalue weighted by Gasteiger charge is -2.32. The molecule has 0 aliphatic carbocycles. The van der Waals surface area contributed by atoms with Gasteiger partial charge in [-0.15, -0.1) is 0 Å². The lowest BCUT2D eigenvalue weighted by molar-refractivity contribution is -0.137. The Morgan fingerprint density at radius 3 is 2.00 bits per heavy atom. The summed E-state index contributed by atoms with van der Waals surface area (Å²) in [7, 11) is -0.575. The number of aliphatic hydroxyl groups is 1.